The number of aryl methyl sites for hydroxylation is 1. The van der Waals surface area contributed by atoms with Crippen LogP contribution in [0.1, 0.15) is 16.9 Å². The number of nitrogens with zero attached hydrogens (tertiary/aromatic N) is 2. The van der Waals surface area contributed by atoms with Gasteiger partial charge in [-0.05, 0) is 6.07 Å². The van der Waals surface area contributed by atoms with E-state index in [0.717, 1.165) is 4.68 Å². The minimum atomic E-state index is -1.17. The first-order valence-electron chi connectivity index (χ1n) is 5.31. The van der Waals surface area contributed by atoms with Gasteiger partial charge in [-0.2, -0.15) is 5.10 Å². The van der Waals surface area contributed by atoms with Crippen LogP contribution in [0.2, 0.25) is 0 Å². The molecule has 0 amide bonds. The average Bonchev–Trinajstić information content (AvgIpc) is 2.38. The number of fused-ring (bicyclic) bond motifs is 1. The molecule has 90 valence electrons. The average molecular weight is 242 g/mol. The number of benzene rings is 1. The van der Waals surface area contributed by atoms with Crippen molar-refractivity contribution in [2.24, 2.45) is 0 Å². The van der Waals surface area contributed by atoms with E-state index in [2.05, 4.69) is 11.0 Å². The molecule has 0 unspecified atom stereocenters. The molecule has 0 aliphatic rings. The van der Waals surface area contributed by atoms with Gasteiger partial charge in [-0.25, -0.2) is 9.48 Å². The number of terminal acetylenes is 1. The molecule has 0 atom stereocenters. The molecule has 0 aliphatic heterocycles. The number of hydrogen-bond donors (Lipinski definition) is 1. The fraction of sp³-hybridized carbons (Fsp3) is 0.154. The summed E-state index contributed by atoms with van der Waals surface area (Å²) in [4.78, 5) is 23.2. The monoisotopic (exact) mass is 242 g/mol. The third-order valence-corrected chi connectivity index (χ3v) is 2.54. The molecule has 2 rings (SSSR count). The topological polar surface area (TPSA) is 72.2 Å². The standard InChI is InChI=1S/C13H10N2O3/c1-2-3-8-15-12(16)10-7-5-4-6-9(10)11(14-15)13(17)18/h1,4-7H,3,8H2,(H,17,18). The molecule has 0 saturated carbocycles. The van der Waals surface area contributed by atoms with Gasteiger partial charge in [0.1, 0.15) is 0 Å². The molecule has 1 aromatic carbocycles. The van der Waals surface area contributed by atoms with Crippen molar-refractivity contribution in [2.75, 3.05) is 0 Å². The number of hydrogen-bond acceptors (Lipinski definition) is 3. The van der Waals surface area contributed by atoms with Crippen LogP contribution in [0.4, 0.5) is 0 Å². The van der Waals surface area contributed by atoms with Gasteiger partial charge in [-0.1, -0.05) is 18.2 Å². The summed E-state index contributed by atoms with van der Waals surface area (Å²) in [5.41, 5.74) is -0.465. The van der Waals surface area contributed by atoms with Crippen molar-refractivity contribution in [3.8, 4) is 12.3 Å². The van der Waals surface area contributed by atoms with Gasteiger partial charge < -0.3 is 5.11 Å². The summed E-state index contributed by atoms with van der Waals surface area (Å²) in [7, 11) is 0. The van der Waals surface area contributed by atoms with Crippen LogP contribution >= 0.6 is 0 Å². The highest BCUT2D eigenvalue weighted by atomic mass is 16.4. The minimum Gasteiger partial charge on any atom is -0.476 e. The number of carboxylic acid groups (broad SMARTS) is 1. The Bertz CT molecular complexity index is 710. The molecular weight excluding hydrogens is 232 g/mol. The highest BCUT2D eigenvalue weighted by Gasteiger charge is 2.14. The number of carbonyl (C=O) groups is 1. The highest BCUT2D eigenvalue weighted by Crippen LogP contribution is 2.13. The van der Waals surface area contributed by atoms with E-state index >= 15 is 0 Å². The fourth-order valence-electron chi connectivity index (χ4n) is 1.72. The van der Waals surface area contributed by atoms with E-state index in [0.29, 0.717) is 17.2 Å². The van der Waals surface area contributed by atoms with Crippen LogP contribution in [0.15, 0.2) is 29.1 Å². The summed E-state index contributed by atoms with van der Waals surface area (Å²) >= 11 is 0. The van der Waals surface area contributed by atoms with E-state index in [9.17, 15) is 9.59 Å². The van der Waals surface area contributed by atoms with Crippen molar-refractivity contribution in [2.45, 2.75) is 13.0 Å². The van der Waals surface area contributed by atoms with E-state index in [1.165, 1.54) is 0 Å². The van der Waals surface area contributed by atoms with Crippen molar-refractivity contribution in [1.29, 1.82) is 0 Å². The van der Waals surface area contributed by atoms with Crippen LogP contribution in [0.5, 0.6) is 0 Å². The lowest BCUT2D eigenvalue weighted by atomic mass is 10.1. The summed E-state index contributed by atoms with van der Waals surface area (Å²) in [5, 5.41) is 13.6. The highest BCUT2D eigenvalue weighted by molar-refractivity contribution is 6.01. The molecule has 2 aromatic rings. The Balaban J connectivity index is 2.76. The Morgan fingerprint density at radius 2 is 2.06 bits per heavy atom. The molecule has 0 aliphatic carbocycles. The SMILES string of the molecule is C#CCCn1nc(C(=O)O)c2ccccc2c1=O. The molecule has 0 bridgehead atoms. The fourth-order valence-corrected chi connectivity index (χ4v) is 1.72. The molecule has 1 N–H and O–H groups in total. The largest absolute Gasteiger partial charge is 0.476 e. The Kier molecular flexibility index (Phi) is 3.11. The van der Waals surface area contributed by atoms with E-state index < -0.39 is 5.97 Å². The quantitative estimate of drug-likeness (QED) is 0.818. The van der Waals surface area contributed by atoms with Gasteiger partial charge in [0.2, 0.25) is 0 Å². The first-order valence-corrected chi connectivity index (χ1v) is 5.31. The molecule has 0 fully saturated rings. The molecule has 0 spiro atoms. The van der Waals surface area contributed by atoms with Crippen molar-refractivity contribution in [1.82, 2.24) is 9.78 Å². The van der Waals surface area contributed by atoms with Gasteiger partial charge in [0.25, 0.3) is 5.56 Å². The number of aromatic nitrogens is 2. The van der Waals surface area contributed by atoms with Gasteiger partial charge in [0, 0.05) is 11.8 Å². The number of aromatic carboxylic acids is 1. The lowest BCUT2D eigenvalue weighted by Gasteiger charge is -2.07. The van der Waals surface area contributed by atoms with Gasteiger partial charge in [0.05, 0.1) is 11.9 Å². The third kappa shape index (κ3) is 1.96. The van der Waals surface area contributed by atoms with Crippen LogP contribution < -0.4 is 5.56 Å². The maximum absolute atomic E-state index is 12.0. The van der Waals surface area contributed by atoms with Gasteiger partial charge >= 0.3 is 5.97 Å². The van der Waals surface area contributed by atoms with E-state index in [4.69, 9.17) is 11.5 Å². The van der Waals surface area contributed by atoms with Gasteiger partial charge in [-0.3, -0.25) is 4.79 Å². The lowest BCUT2D eigenvalue weighted by Crippen LogP contribution is -2.26. The first-order chi connectivity index (χ1) is 8.65. The van der Waals surface area contributed by atoms with Crippen molar-refractivity contribution < 1.29 is 9.90 Å². The van der Waals surface area contributed by atoms with Gasteiger partial charge in [-0.15, -0.1) is 12.3 Å². The van der Waals surface area contributed by atoms with Crippen LogP contribution in [0.3, 0.4) is 0 Å². The van der Waals surface area contributed by atoms with E-state index in [1.54, 1.807) is 24.3 Å². The third-order valence-electron chi connectivity index (χ3n) is 2.54. The van der Waals surface area contributed by atoms with Crippen LogP contribution in [-0.2, 0) is 6.54 Å². The first kappa shape index (κ1) is 11.9. The van der Waals surface area contributed by atoms with E-state index in [-0.39, 0.29) is 17.8 Å². The zero-order chi connectivity index (χ0) is 13.1. The smallest absolute Gasteiger partial charge is 0.357 e. The maximum Gasteiger partial charge on any atom is 0.357 e. The van der Waals surface area contributed by atoms with Crippen LogP contribution in [-0.4, -0.2) is 20.9 Å². The lowest BCUT2D eigenvalue weighted by molar-refractivity contribution is 0.0690. The Labute approximate surface area is 103 Å². The second-order valence-corrected chi connectivity index (χ2v) is 3.68. The number of rotatable bonds is 3. The molecule has 5 nitrogen and oxygen atoms in total. The van der Waals surface area contributed by atoms with Crippen molar-refractivity contribution in [3.05, 3.63) is 40.3 Å². The summed E-state index contributed by atoms with van der Waals surface area (Å²) in [6.45, 7) is 0.209. The van der Waals surface area contributed by atoms with Crippen molar-refractivity contribution >= 4 is 16.7 Å². The summed E-state index contributed by atoms with van der Waals surface area (Å²) in [5.74, 6) is 1.23. The normalized spacial score (nSPS) is 10.2. The van der Waals surface area contributed by atoms with E-state index in [1.807, 2.05) is 0 Å². The second kappa shape index (κ2) is 4.72. The van der Waals surface area contributed by atoms with Crippen molar-refractivity contribution in [3.63, 3.8) is 0 Å². The molecule has 18 heavy (non-hydrogen) atoms. The Morgan fingerprint density at radius 1 is 1.39 bits per heavy atom. The molecule has 1 heterocycles. The molecule has 1 aromatic heterocycles. The predicted molar refractivity (Wildman–Crippen MR) is 66.4 cm³/mol. The molecule has 5 heteroatoms. The summed E-state index contributed by atoms with van der Waals surface area (Å²) in [6, 6.07) is 6.50. The molecule has 0 saturated heterocycles. The minimum absolute atomic E-state index is 0.137. The number of carboxylic acids is 1. The predicted octanol–water partition coefficient (Wildman–Crippen LogP) is 1.12. The zero-order valence-corrected chi connectivity index (χ0v) is 9.46. The summed E-state index contributed by atoms with van der Waals surface area (Å²) < 4.78 is 1.10. The van der Waals surface area contributed by atoms with Crippen LogP contribution in [0.25, 0.3) is 10.8 Å². The van der Waals surface area contributed by atoms with Gasteiger partial charge in [0.15, 0.2) is 5.69 Å². The Hall–Kier alpha value is -2.61. The zero-order valence-electron chi connectivity index (χ0n) is 9.46. The maximum atomic E-state index is 12.0. The molecular formula is C13H10N2O3. The Morgan fingerprint density at radius 3 is 2.67 bits per heavy atom. The van der Waals surface area contributed by atoms with Crippen LogP contribution in [0, 0.1) is 12.3 Å². The summed E-state index contributed by atoms with van der Waals surface area (Å²) in [6.07, 6.45) is 5.45. The second-order valence-electron chi connectivity index (χ2n) is 3.68. The molecule has 0 radical (unpaired) electrons.